The first-order valence-electron chi connectivity index (χ1n) is 8.25. The summed E-state index contributed by atoms with van der Waals surface area (Å²) in [6.07, 6.45) is 2.42. The van der Waals surface area contributed by atoms with Gasteiger partial charge in [-0.25, -0.2) is 0 Å². The van der Waals surface area contributed by atoms with Crippen molar-refractivity contribution in [3.8, 4) is 0 Å². The van der Waals surface area contributed by atoms with E-state index in [-0.39, 0.29) is 23.7 Å². The molecular formula is C18H30ClN3O. The van der Waals surface area contributed by atoms with Crippen molar-refractivity contribution in [2.75, 3.05) is 24.5 Å². The van der Waals surface area contributed by atoms with Gasteiger partial charge in [0.15, 0.2) is 0 Å². The first-order valence-corrected chi connectivity index (χ1v) is 8.25. The van der Waals surface area contributed by atoms with Crippen molar-refractivity contribution in [2.45, 2.75) is 51.5 Å². The summed E-state index contributed by atoms with van der Waals surface area (Å²) >= 11 is 0. The van der Waals surface area contributed by atoms with E-state index in [1.165, 1.54) is 11.3 Å². The molecular weight excluding hydrogens is 310 g/mol. The van der Waals surface area contributed by atoms with Gasteiger partial charge in [0.1, 0.15) is 0 Å². The van der Waals surface area contributed by atoms with Gasteiger partial charge in [0.25, 0.3) is 0 Å². The first kappa shape index (κ1) is 19.8. The Morgan fingerprint density at radius 2 is 1.78 bits per heavy atom. The Kier molecular flexibility index (Phi) is 7.36. The SMILES string of the molecule is CC(C)(C)c1ccc(N2CCC(NC(=O)CCN)CC2)cc1.Cl. The number of piperidine rings is 1. The molecule has 1 aromatic carbocycles. The number of nitrogens with one attached hydrogen (secondary N) is 1. The van der Waals surface area contributed by atoms with Gasteiger partial charge in [-0.3, -0.25) is 4.79 Å². The minimum atomic E-state index is 0. The van der Waals surface area contributed by atoms with Gasteiger partial charge in [-0.1, -0.05) is 32.9 Å². The van der Waals surface area contributed by atoms with Crippen LogP contribution >= 0.6 is 12.4 Å². The second kappa shape index (κ2) is 8.55. The van der Waals surface area contributed by atoms with Crippen molar-refractivity contribution in [3.63, 3.8) is 0 Å². The molecule has 0 atom stereocenters. The fraction of sp³-hybridized carbons (Fsp3) is 0.611. The van der Waals surface area contributed by atoms with Gasteiger partial charge in [-0.15, -0.1) is 12.4 Å². The molecule has 0 spiro atoms. The topological polar surface area (TPSA) is 58.4 Å². The molecule has 23 heavy (non-hydrogen) atoms. The van der Waals surface area contributed by atoms with Gasteiger partial charge < -0.3 is 16.0 Å². The molecule has 1 amide bonds. The van der Waals surface area contributed by atoms with E-state index < -0.39 is 0 Å². The van der Waals surface area contributed by atoms with Crippen LogP contribution in [-0.2, 0) is 10.2 Å². The second-order valence-electron chi connectivity index (χ2n) is 7.16. The zero-order valence-corrected chi connectivity index (χ0v) is 15.3. The maximum absolute atomic E-state index is 11.6. The van der Waals surface area contributed by atoms with E-state index >= 15 is 0 Å². The van der Waals surface area contributed by atoms with Crippen LogP contribution in [0.1, 0.15) is 45.6 Å². The molecule has 0 aliphatic carbocycles. The number of hydrogen-bond donors (Lipinski definition) is 2. The lowest BCUT2D eigenvalue weighted by atomic mass is 9.87. The molecule has 4 nitrogen and oxygen atoms in total. The van der Waals surface area contributed by atoms with Gasteiger partial charge in [0.05, 0.1) is 0 Å². The molecule has 3 N–H and O–H groups in total. The van der Waals surface area contributed by atoms with Crippen LogP contribution in [0.5, 0.6) is 0 Å². The number of halogens is 1. The largest absolute Gasteiger partial charge is 0.371 e. The summed E-state index contributed by atoms with van der Waals surface area (Å²) in [6, 6.07) is 9.18. The highest BCUT2D eigenvalue weighted by Gasteiger charge is 2.21. The van der Waals surface area contributed by atoms with E-state index in [1.54, 1.807) is 0 Å². The number of rotatable bonds is 4. The third-order valence-corrected chi connectivity index (χ3v) is 4.33. The number of nitrogens with two attached hydrogens (primary N) is 1. The van der Waals surface area contributed by atoms with Crippen LogP contribution in [-0.4, -0.2) is 31.6 Å². The summed E-state index contributed by atoms with van der Waals surface area (Å²) in [4.78, 5) is 14.0. The minimum Gasteiger partial charge on any atom is -0.371 e. The molecule has 0 bridgehead atoms. The lowest BCUT2D eigenvalue weighted by Crippen LogP contribution is -2.45. The van der Waals surface area contributed by atoms with Crippen LogP contribution in [0.15, 0.2) is 24.3 Å². The number of nitrogens with zero attached hydrogens (tertiary/aromatic N) is 1. The summed E-state index contributed by atoms with van der Waals surface area (Å²) in [6.45, 7) is 9.10. The Balaban J connectivity index is 0.00000264. The second-order valence-corrected chi connectivity index (χ2v) is 7.16. The highest BCUT2D eigenvalue weighted by molar-refractivity contribution is 5.85. The molecule has 2 rings (SSSR count). The third-order valence-electron chi connectivity index (χ3n) is 4.33. The van der Waals surface area contributed by atoms with Gasteiger partial charge >= 0.3 is 0 Å². The lowest BCUT2D eigenvalue weighted by molar-refractivity contribution is -0.121. The molecule has 1 aliphatic heterocycles. The predicted octanol–water partition coefficient (Wildman–Crippen LogP) is 2.84. The van der Waals surface area contributed by atoms with Crippen LogP contribution in [0.4, 0.5) is 5.69 Å². The van der Waals surface area contributed by atoms with Crippen molar-refractivity contribution in [2.24, 2.45) is 5.73 Å². The lowest BCUT2D eigenvalue weighted by Gasteiger charge is -2.34. The van der Waals surface area contributed by atoms with Gasteiger partial charge in [-0.05, 0) is 36.0 Å². The Labute approximate surface area is 146 Å². The number of amides is 1. The Bertz CT molecular complexity index is 488. The Morgan fingerprint density at radius 3 is 2.26 bits per heavy atom. The minimum absolute atomic E-state index is 0. The highest BCUT2D eigenvalue weighted by atomic mass is 35.5. The number of anilines is 1. The number of benzene rings is 1. The van der Waals surface area contributed by atoms with E-state index in [0.29, 0.717) is 19.0 Å². The van der Waals surface area contributed by atoms with Crippen molar-refractivity contribution in [3.05, 3.63) is 29.8 Å². The number of carbonyl (C=O) groups excluding carboxylic acids is 1. The van der Waals surface area contributed by atoms with Crippen molar-refractivity contribution < 1.29 is 4.79 Å². The third kappa shape index (κ3) is 5.70. The Morgan fingerprint density at radius 1 is 1.22 bits per heavy atom. The van der Waals surface area contributed by atoms with Crippen molar-refractivity contribution in [1.29, 1.82) is 0 Å². The van der Waals surface area contributed by atoms with Crippen LogP contribution in [0.25, 0.3) is 0 Å². The van der Waals surface area contributed by atoms with Crippen molar-refractivity contribution >= 4 is 24.0 Å². The van der Waals surface area contributed by atoms with E-state index in [9.17, 15) is 4.79 Å². The zero-order valence-electron chi connectivity index (χ0n) is 14.5. The summed E-state index contributed by atoms with van der Waals surface area (Å²) in [7, 11) is 0. The summed E-state index contributed by atoms with van der Waals surface area (Å²) in [5.74, 6) is 0.0791. The van der Waals surface area contributed by atoms with Crippen LogP contribution in [0, 0.1) is 0 Å². The smallest absolute Gasteiger partial charge is 0.221 e. The molecule has 0 aromatic heterocycles. The fourth-order valence-corrected chi connectivity index (χ4v) is 2.89. The number of hydrogen-bond acceptors (Lipinski definition) is 3. The molecule has 1 aliphatic rings. The molecule has 130 valence electrons. The average Bonchev–Trinajstić information content (AvgIpc) is 2.47. The van der Waals surface area contributed by atoms with Crippen LogP contribution < -0.4 is 16.0 Å². The van der Waals surface area contributed by atoms with Crippen LogP contribution in [0.2, 0.25) is 0 Å². The maximum Gasteiger partial charge on any atom is 0.221 e. The standard InChI is InChI=1S/C18H29N3O.ClH/c1-18(2,3)14-4-6-16(7-5-14)21-12-9-15(10-13-21)20-17(22)8-11-19;/h4-7,15H,8-13,19H2,1-3H3,(H,20,22);1H. The van der Waals surface area contributed by atoms with E-state index in [0.717, 1.165) is 25.9 Å². The highest BCUT2D eigenvalue weighted by Crippen LogP contribution is 2.26. The van der Waals surface area contributed by atoms with Gasteiger partial charge in [-0.2, -0.15) is 0 Å². The number of carbonyl (C=O) groups is 1. The molecule has 1 saturated heterocycles. The van der Waals surface area contributed by atoms with E-state index in [1.807, 2.05) is 0 Å². The normalized spacial score (nSPS) is 15.9. The predicted molar refractivity (Wildman–Crippen MR) is 99.4 cm³/mol. The summed E-state index contributed by atoms with van der Waals surface area (Å²) < 4.78 is 0. The summed E-state index contributed by atoms with van der Waals surface area (Å²) in [5, 5.41) is 3.08. The molecule has 0 radical (unpaired) electrons. The molecule has 0 saturated carbocycles. The van der Waals surface area contributed by atoms with Crippen LogP contribution in [0.3, 0.4) is 0 Å². The first-order chi connectivity index (χ1) is 10.4. The molecule has 1 heterocycles. The quantitative estimate of drug-likeness (QED) is 0.886. The van der Waals surface area contributed by atoms with Gasteiger partial charge in [0.2, 0.25) is 5.91 Å². The zero-order chi connectivity index (χ0) is 16.2. The van der Waals surface area contributed by atoms with E-state index in [2.05, 4.69) is 55.3 Å². The molecule has 0 unspecified atom stereocenters. The molecule has 1 aromatic rings. The molecule has 1 fully saturated rings. The van der Waals surface area contributed by atoms with E-state index in [4.69, 9.17) is 5.73 Å². The van der Waals surface area contributed by atoms with Crippen molar-refractivity contribution in [1.82, 2.24) is 5.32 Å². The monoisotopic (exact) mass is 339 g/mol. The summed E-state index contributed by atoms with van der Waals surface area (Å²) in [5.41, 5.74) is 8.24. The average molecular weight is 340 g/mol. The fourth-order valence-electron chi connectivity index (χ4n) is 2.89. The maximum atomic E-state index is 11.6. The molecule has 5 heteroatoms. The Hall–Kier alpha value is -1.26. The van der Waals surface area contributed by atoms with Gasteiger partial charge in [0, 0.05) is 37.8 Å².